The molecule has 2 aromatic heterocycles. The van der Waals surface area contributed by atoms with Crippen LogP contribution in [0.1, 0.15) is 81.8 Å². The van der Waals surface area contributed by atoms with Gasteiger partial charge in [0.2, 0.25) is 17.8 Å². The number of likely N-dealkylation sites (tertiary alicyclic amines) is 1. The van der Waals surface area contributed by atoms with Gasteiger partial charge in [-0.2, -0.15) is 4.98 Å². The number of nitrogens with one attached hydrogen (secondary N) is 4. The van der Waals surface area contributed by atoms with Crippen molar-refractivity contribution in [1.82, 2.24) is 35.5 Å². The van der Waals surface area contributed by atoms with Gasteiger partial charge in [-0.25, -0.2) is 13.8 Å². The smallest absolute Gasteiger partial charge is 0.234 e. The minimum Gasteiger partial charge on any atom is -0.494 e. The highest BCUT2D eigenvalue weighted by molar-refractivity contribution is 9.10. The molecule has 1 atom stereocenters. The molecule has 4 aliphatic rings. The molecule has 1 unspecified atom stereocenters. The predicted octanol–water partition coefficient (Wildman–Crippen LogP) is 8.62. The first-order chi connectivity index (χ1) is 33.8. The van der Waals surface area contributed by atoms with Crippen molar-refractivity contribution >= 4 is 85.7 Å². The molecule has 5 aromatic rings. The number of fused-ring (bicyclic) bond motifs is 1. The number of carbonyl (C=O) groups excluding carboxylic acids is 2. The molecule has 19 heteroatoms. The van der Waals surface area contributed by atoms with Crippen LogP contribution in [0, 0.1) is 17.6 Å². The Morgan fingerprint density at radius 3 is 2.26 bits per heavy atom. The van der Waals surface area contributed by atoms with E-state index in [0.717, 1.165) is 103 Å². The number of hydrogen-bond acceptors (Lipinski definition) is 14. The number of aryl methyl sites for hydroxylation is 1. The normalized spacial score (nSPS) is 19.2. The third-order valence-corrected chi connectivity index (χ3v) is 16.8. The van der Waals surface area contributed by atoms with Gasteiger partial charge in [-0.3, -0.25) is 24.9 Å². The fourth-order valence-electron chi connectivity index (χ4n) is 10.9. The van der Waals surface area contributed by atoms with Crippen LogP contribution in [0.25, 0.3) is 11.0 Å². The number of hydrogen-bond donors (Lipinski definition) is 4. The van der Waals surface area contributed by atoms with Gasteiger partial charge in [-0.1, -0.05) is 6.92 Å². The number of piperidine rings is 4. The molecule has 3 aromatic carbocycles. The summed E-state index contributed by atoms with van der Waals surface area (Å²) in [5, 5.41) is 13.5. The van der Waals surface area contributed by atoms with Crippen molar-refractivity contribution in [2.75, 3.05) is 86.7 Å². The number of carbonyl (C=O) groups is 2. The Hall–Kier alpha value is -5.29. The van der Waals surface area contributed by atoms with Crippen molar-refractivity contribution in [3.63, 3.8) is 0 Å². The van der Waals surface area contributed by atoms with Crippen LogP contribution in [0.3, 0.4) is 0 Å². The molecule has 0 aliphatic carbocycles. The van der Waals surface area contributed by atoms with E-state index in [1.165, 1.54) is 23.4 Å². The molecular weight excluding hydrogens is 980 g/mol. The van der Waals surface area contributed by atoms with Crippen LogP contribution in [0.2, 0.25) is 0 Å². The average molecular weight is 1040 g/mol. The van der Waals surface area contributed by atoms with Crippen LogP contribution < -0.4 is 41.1 Å². The predicted molar refractivity (Wildman–Crippen MR) is 276 cm³/mol. The molecule has 0 saturated carbocycles. The molecule has 4 aliphatic heterocycles. The van der Waals surface area contributed by atoms with E-state index in [1.807, 2.05) is 17.0 Å². The van der Waals surface area contributed by atoms with Crippen LogP contribution in [0.15, 0.2) is 59.5 Å². The Bertz CT molecular complexity index is 2750. The lowest BCUT2D eigenvalue weighted by Crippen LogP contribution is -2.50. The number of halogens is 3. The maximum absolute atomic E-state index is 15.2. The molecule has 0 radical (unpaired) electrons. The van der Waals surface area contributed by atoms with Crippen LogP contribution in [-0.4, -0.2) is 115 Å². The van der Waals surface area contributed by atoms with Crippen LogP contribution in [0.5, 0.6) is 5.75 Å². The number of methoxy groups -OCH3 is 1. The fourth-order valence-corrected chi connectivity index (χ4v) is 12.5. The molecule has 70 heavy (non-hydrogen) atoms. The number of aromatic nitrogens is 4. The summed E-state index contributed by atoms with van der Waals surface area (Å²) in [6.45, 7) is 12.2. The van der Waals surface area contributed by atoms with E-state index in [-0.39, 0.29) is 18.4 Å². The van der Waals surface area contributed by atoms with Crippen molar-refractivity contribution in [3.05, 3.63) is 82.2 Å². The maximum Gasteiger partial charge on any atom is 0.234 e. The van der Waals surface area contributed by atoms with Crippen molar-refractivity contribution in [2.45, 2.75) is 89.1 Å². The van der Waals surface area contributed by atoms with Gasteiger partial charge < -0.3 is 40.0 Å². The fraction of sp³-hybridized carbons (Fsp3) is 0.490. The summed E-state index contributed by atoms with van der Waals surface area (Å²) in [4.78, 5) is 49.4. The second-order valence-corrected chi connectivity index (χ2v) is 23.4. The Balaban J connectivity index is 0.734. The number of amides is 2. The third-order valence-electron chi connectivity index (χ3n) is 14.6. The van der Waals surface area contributed by atoms with Crippen molar-refractivity contribution in [1.29, 1.82) is 0 Å². The lowest BCUT2D eigenvalue weighted by atomic mass is 9.89. The van der Waals surface area contributed by atoms with Gasteiger partial charge in [0.1, 0.15) is 35.9 Å². The van der Waals surface area contributed by atoms with Gasteiger partial charge in [-0.15, -0.1) is 0 Å². The Labute approximate surface area is 416 Å². The Morgan fingerprint density at radius 2 is 1.57 bits per heavy atom. The zero-order chi connectivity index (χ0) is 49.1. The van der Waals surface area contributed by atoms with Gasteiger partial charge in [0.05, 0.1) is 39.7 Å². The second-order valence-electron chi connectivity index (χ2n) is 19.4. The number of ether oxygens (including phenoxy) is 1. The van der Waals surface area contributed by atoms with E-state index in [9.17, 15) is 14.2 Å². The van der Waals surface area contributed by atoms with Crippen molar-refractivity contribution < 1.29 is 27.7 Å². The van der Waals surface area contributed by atoms with Crippen molar-refractivity contribution in [3.8, 4) is 5.75 Å². The summed E-state index contributed by atoms with van der Waals surface area (Å²) < 4.78 is 50.6. The number of rotatable bonds is 15. The lowest BCUT2D eigenvalue weighted by Gasteiger charge is -2.43. The van der Waals surface area contributed by atoms with Gasteiger partial charge in [0, 0.05) is 86.3 Å². The first kappa shape index (κ1) is 49.7. The molecule has 9 rings (SSSR count). The molecule has 0 spiro atoms. The molecule has 15 nitrogen and oxygen atoms in total. The third kappa shape index (κ3) is 11.1. The SMILES string of the molecule is CCc1cc(Nc2ncc(Br)c(Nc3ccc4nccnc4c3P(C)(C)=O)n2)c(OC)cc1N1CCC(N2CCC(NCCC3CCN(c4cc(F)c(C5CCC(=O)NC5=O)c(F)c4)CC3)CC2)CC1. The number of anilines is 6. The Morgan fingerprint density at radius 1 is 0.857 bits per heavy atom. The highest BCUT2D eigenvalue weighted by Crippen LogP contribution is 2.42. The van der Waals surface area contributed by atoms with E-state index in [2.05, 4.69) is 81.0 Å². The molecular formula is C51H63BrF2N11O4P. The first-order valence-electron chi connectivity index (χ1n) is 24.6. The summed E-state index contributed by atoms with van der Waals surface area (Å²) >= 11 is 3.60. The largest absolute Gasteiger partial charge is 0.494 e. The summed E-state index contributed by atoms with van der Waals surface area (Å²) in [5.41, 5.74) is 5.34. The quantitative estimate of drug-likeness (QED) is 0.0581. The van der Waals surface area contributed by atoms with Gasteiger partial charge in [0.15, 0.2) is 0 Å². The van der Waals surface area contributed by atoms with E-state index in [1.54, 1.807) is 39.0 Å². The highest BCUT2D eigenvalue weighted by Gasteiger charge is 2.34. The van der Waals surface area contributed by atoms with Crippen LogP contribution in [0.4, 0.5) is 43.3 Å². The number of imide groups is 1. The zero-order valence-corrected chi connectivity index (χ0v) is 42.9. The summed E-state index contributed by atoms with van der Waals surface area (Å²) in [5.74, 6) is -1.36. The molecule has 4 saturated heterocycles. The average Bonchev–Trinajstić information content (AvgIpc) is 3.35. The van der Waals surface area contributed by atoms with Crippen molar-refractivity contribution in [2.24, 2.45) is 5.92 Å². The molecule has 6 heterocycles. The van der Waals surface area contributed by atoms with Gasteiger partial charge in [0.25, 0.3) is 0 Å². The first-order valence-corrected chi connectivity index (χ1v) is 28.0. The van der Waals surface area contributed by atoms with E-state index >= 15 is 8.78 Å². The minimum absolute atomic E-state index is 0.0704. The summed E-state index contributed by atoms with van der Waals surface area (Å²) in [6.07, 6.45) is 13.4. The highest BCUT2D eigenvalue weighted by atomic mass is 79.9. The van der Waals surface area contributed by atoms with E-state index in [0.29, 0.717) is 67.7 Å². The summed E-state index contributed by atoms with van der Waals surface area (Å²) in [6, 6.07) is 11.7. The molecule has 372 valence electrons. The second kappa shape index (κ2) is 21.6. The lowest BCUT2D eigenvalue weighted by molar-refractivity contribution is -0.134. The maximum atomic E-state index is 15.2. The van der Waals surface area contributed by atoms with Crippen LogP contribution in [-0.2, 0) is 20.6 Å². The number of nitrogens with zero attached hydrogens (tertiary/aromatic N) is 7. The zero-order valence-electron chi connectivity index (χ0n) is 40.4. The molecule has 2 amide bonds. The summed E-state index contributed by atoms with van der Waals surface area (Å²) in [7, 11) is -1.10. The van der Waals surface area contributed by atoms with Crippen LogP contribution >= 0.6 is 23.1 Å². The topological polar surface area (TPSA) is 170 Å². The number of benzene rings is 3. The van der Waals surface area contributed by atoms with Gasteiger partial charge in [-0.05, 0) is 148 Å². The monoisotopic (exact) mass is 1040 g/mol. The minimum atomic E-state index is -2.78. The molecule has 4 N–H and O–H groups in total. The van der Waals surface area contributed by atoms with E-state index in [4.69, 9.17) is 9.72 Å². The molecule has 4 fully saturated rings. The van der Waals surface area contributed by atoms with E-state index < -0.39 is 36.5 Å². The standard InChI is InChI=1S/C51H63BrF2N11O4P/c1-5-32-26-42(60-51-58-30-37(52)49(62-51)59-41-8-7-40-47(57-19-18-56-40)48(41)70(3,4)68)44(69-2)29-43(32)65-24-15-34(16-25-65)63-22-13-33(14-23-63)55-17-10-31-11-20-64(21-12-31)35-27-38(53)46(39(54)28-35)36-6-9-45(66)61-50(36)67/h7-8,18-19,26-31,33-34,36,55H,5-6,9-17,20-25H2,1-4H3,(H,61,66,67)(H2,58,59,60,62). The Kier molecular flexibility index (Phi) is 15.3. The van der Waals surface area contributed by atoms with Gasteiger partial charge >= 0.3 is 0 Å². The molecule has 0 bridgehead atoms.